The van der Waals surface area contributed by atoms with Crippen molar-refractivity contribution in [3.05, 3.63) is 29.3 Å². The molecule has 31 heavy (non-hydrogen) atoms. The van der Waals surface area contributed by atoms with E-state index >= 15 is 0 Å². The second kappa shape index (κ2) is 10.4. The first-order valence-electron chi connectivity index (χ1n) is 10.3. The Morgan fingerprint density at radius 3 is 2.52 bits per heavy atom. The largest absolute Gasteiger partial charge is 0.384 e. The van der Waals surface area contributed by atoms with Gasteiger partial charge in [0.25, 0.3) is 11.8 Å². The van der Waals surface area contributed by atoms with E-state index in [1.54, 1.807) is 18.2 Å². The molecule has 0 spiro atoms. The van der Waals surface area contributed by atoms with Gasteiger partial charge in [0.1, 0.15) is 11.9 Å². The molecular weight excluding hydrogens is 424 g/mol. The van der Waals surface area contributed by atoms with E-state index in [1.807, 2.05) is 0 Å². The van der Waals surface area contributed by atoms with Gasteiger partial charge in [-0.1, -0.05) is 18.9 Å². The van der Waals surface area contributed by atoms with Crippen LogP contribution in [0.25, 0.3) is 0 Å². The number of anilines is 1. The summed E-state index contributed by atoms with van der Waals surface area (Å²) >= 11 is 5.42. The normalized spacial score (nSPS) is 18.1. The average molecular weight is 449 g/mol. The first-order valence-corrected chi connectivity index (χ1v) is 10.9. The number of unbranched alkanes of at least 4 members (excludes halogenated alkanes) is 3. The Morgan fingerprint density at radius 1 is 1.06 bits per heavy atom. The number of benzene rings is 1. The van der Waals surface area contributed by atoms with E-state index in [0.717, 1.165) is 30.6 Å². The van der Waals surface area contributed by atoms with Gasteiger partial charge < -0.3 is 10.6 Å². The minimum Gasteiger partial charge on any atom is -0.384 e. The van der Waals surface area contributed by atoms with Crippen molar-refractivity contribution in [1.82, 2.24) is 15.5 Å². The monoisotopic (exact) mass is 448 g/mol. The standard InChI is InChI=1S/C21H25ClN4O5/c22-12-17(28)24-11-4-2-1-3-10-23-14-7-5-6-13-18(14)21(31)26(20(13)30)15-8-9-16(27)25-19(15)29/h5-7,15,23H,1-4,8-12H2,(H,24,28)(H,25,27,29). The van der Waals surface area contributed by atoms with Crippen LogP contribution in [0.3, 0.4) is 0 Å². The van der Waals surface area contributed by atoms with Crippen LogP contribution in [0.5, 0.6) is 0 Å². The highest BCUT2D eigenvalue weighted by atomic mass is 35.5. The topological polar surface area (TPSA) is 125 Å². The van der Waals surface area contributed by atoms with Crippen LogP contribution in [0.15, 0.2) is 18.2 Å². The van der Waals surface area contributed by atoms with Gasteiger partial charge in [-0.3, -0.25) is 34.2 Å². The zero-order valence-electron chi connectivity index (χ0n) is 17.0. The number of hydrogen-bond donors (Lipinski definition) is 3. The van der Waals surface area contributed by atoms with Crippen LogP contribution in [0.4, 0.5) is 5.69 Å². The lowest BCUT2D eigenvalue weighted by atomic mass is 10.0. The number of fused-ring (bicyclic) bond motifs is 1. The van der Waals surface area contributed by atoms with Crippen LogP contribution in [0, 0.1) is 0 Å². The van der Waals surface area contributed by atoms with Gasteiger partial charge in [-0.25, -0.2) is 0 Å². The molecule has 10 heteroatoms. The minimum atomic E-state index is -0.975. The molecule has 3 rings (SSSR count). The number of amides is 5. The summed E-state index contributed by atoms with van der Waals surface area (Å²) in [6, 6.07) is 4.03. The van der Waals surface area contributed by atoms with Gasteiger partial charge in [0, 0.05) is 25.2 Å². The number of alkyl halides is 1. The summed E-state index contributed by atoms with van der Waals surface area (Å²) in [4.78, 5) is 61.4. The zero-order chi connectivity index (χ0) is 22.4. The average Bonchev–Trinajstić information content (AvgIpc) is 3.01. The van der Waals surface area contributed by atoms with Gasteiger partial charge in [0.05, 0.1) is 11.1 Å². The molecule has 1 atom stereocenters. The highest BCUT2D eigenvalue weighted by Gasteiger charge is 2.45. The summed E-state index contributed by atoms with van der Waals surface area (Å²) in [5.41, 5.74) is 1.08. The molecule has 1 saturated heterocycles. The van der Waals surface area contributed by atoms with Gasteiger partial charge in [-0.2, -0.15) is 0 Å². The van der Waals surface area contributed by atoms with E-state index < -0.39 is 29.7 Å². The molecule has 5 amide bonds. The molecular formula is C21H25ClN4O5. The van der Waals surface area contributed by atoms with Gasteiger partial charge in [0.15, 0.2) is 0 Å². The van der Waals surface area contributed by atoms with Crippen molar-refractivity contribution in [1.29, 1.82) is 0 Å². The molecule has 0 bridgehead atoms. The number of hydrogen-bond acceptors (Lipinski definition) is 6. The van der Waals surface area contributed by atoms with Crippen molar-refractivity contribution in [2.45, 2.75) is 44.6 Å². The molecule has 0 radical (unpaired) electrons. The van der Waals surface area contributed by atoms with Gasteiger partial charge in [0.2, 0.25) is 17.7 Å². The Hall–Kier alpha value is -2.94. The van der Waals surface area contributed by atoms with E-state index in [4.69, 9.17) is 11.6 Å². The fourth-order valence-corrected chi connectivity index (χ4v) is 3.86. The van der Waals surface area contributed by atoms with Crippen molar-refractivity contribution < 1.29 is 24.0 Å². The first-order chi connectivity index (χ1) is 14.9. The van der Waals surface area contributed by atoms with E-state index in [2.05, 4.69) is 16.0 Å². The maximum absolute atomic E-state index is 13.0. The Bertz CT molecular complexity index is 904. The third-order valence-corrected chi connectivity index (χ3v) is 5.57. The lowest BCUT2D eigenvalue weighted by molar-refractivity contribution is -0.136. The lowest BCUT2D eigenvalue weighted by Crippen LogP contribution is -2.54. The molecule has 1 fully saturated rings. The quantitative estimate of drug-likeness (QED) is 0.282. The number of carbonyl (C=O) groups excluding carboxylic acids is 5. The molecule has 2 heterocycles. The second-order valence-electron chi connectivity index (χ2n) is 7.50. The Morgan fingerprint density at radius 2 is 1.81 bits per heavy atom. The molecule has 0 saturated carbocycles. The molecule has 9 nitrogen and oxygen atoms in total. The van der Waals surface area contributed by atoms with Crippen molar-refractivity contribution in [3.8, 4) is 0 Å². The molecule has 1 aromatic carbocycles. The molecule has 0 aliphatic carbocycles. The smallest absolute Gasteiger partial charge is 0.264 e. The number of nitrogens with zero attached hydrogens (tertiary/aromatic N) is 1. The third kappa shape index (κ3) is 5.22. The molecule has 3 N–H and O–H groups in total. The van der Waals surface area contributed by atoms with E-state index in [-0.39, 0.29) is 35.8 Å². The third-order valence-electron chi connectivity index (χ3n) is 5.33. The summed E-state index contributed by atoms with van der Waals surface area (Å²) in [5.74, 6) is -2.27. The SMILES string of the molecule is O=C(CCl)NCCCCCCNc1cccc2c1C(=O)N(C1CCC(=O)NC1=O)C2=O. The van der Waals surface area contributed by atoms with Crippen molar-refractivity contribution in [2.75, 3.05) is 24.3 Å². The maximum atomic E-state index is 13.0. The predicted octanol–water partition coefficient (Wildman–Crippen LogP) is 1.42. The zero-order valence-corrected chi connectivity index (χ0v) is 17.8. The number of carbonyl (C=O) groups is 5. The summed E-state index contributed by atoms with van der Waals surface area (Å²) in [6.45, 7) is 1.21. The van der Waals surface area contributed by atoms with Crippen molar-refractivity contribution >= 4 is 46.8 Å². The van der Waals surface area contributed by atoms with E-state index in [0.29, 0.717) is 18.8 Å². The van der Waals surface area contributed by atoms with Crippen LogP contribution >= 0.6 is 11.6 Å². The van der Waals surface area contributed by atoms with Crippen LogP contribution in [0.1, 0.15) is 59.2 Å². The Labute approximate surface area is 184 Å². The van der Waals surface area contributed by atoms with E-state index in [9.17, 15) is 24.0 Å². The highest BCUT2D eigenvalue weighted by Crippen LogP contribution is 2.32. The highest BCUT2D eigenvalue weighted by molar-refractivity contribution is 6.27. The van der Waals surface area contributed by atoms with Gasteiger partial charge >= 0.3 is 0 Å². The first kappa shape index (κ1) is 22.7. The van der Waals surface area contributed by atoms with Gasteiger partial charge in [-0.05, 0) is 31.4 Å². The summed E-state index contributed by atoms with van der Waals surface area (Å²) in [5, 5.41) is 8.12. The summed E-state index contributed by atoms with van der Waals surface area (Å²) in [7, 11) is 0. The minimum absolute atomic E-state index is 0.0342. The number of imide groups is 2. The number of rotatable bonds is 10. The molecule has 166 valence electrons. The van der Waals surface area contributed by atoms with Crippen molar-refractivity contribution in [2.24, 2.45) is 0 Å². The molecule has 1 unspecified atom stereocenters. The fourth-order valence-electron chi connectivity index (χ4n) is 3.76. The van der Waals surface area contributed by atoms with Crippen LogP contribution in [-0.2, 0) is 14.4 Å². The molecule has 0 aromatic heterocycles. The van der Waals surface area contributed by atoms with Crippen molar-refractivity contribution in [3.63, 3.8) is 0 Å². The summed E-state index contributed by atoms with van der Waals surface area (Å²) in [6.07, 6.45) is 3.81. The van der Waals surface area contributed by atoms with Gasteiger partial charge in [-0.15, -0.1) is 11.6 Å². The number of piperidine rings is 1. The Balaban J connectivity index is 1.54. The van der Waals surface area contributed by atoms with Crippen LogP contribution < -0.4 is 16.0 Å². The van der Waals surface area contributed by atoms with Crippen LogP contribution in [0.2, 0.25) is 0 Å². The number of halogens is 1. The Kier molecular flexibility index (Phi) is 7.62. The number of nitrogens with one attached hydrogen (secondary N) is 3. The predicted molar refractivity (Wildman–Crippen MR) is 114 cm³/mol. The second-order valence-corrected chi connectivity index (χ2v) is 7.77. The van der Waals surface area contributed by atoms with Crippen LogP contribution in [-0.4, -0.2) is 59.4 Å². The fraction of sp³-hybridized carbons (Fsp3) is 0.476. The molecule has 2 aliphatic heterocycles. The molecule has 1 aromatic rings. The lowest BCUT2D eigenvalue weighted by Gasteiger charge is -2.27. The molecule has 2 aliphatic rings. The maximum Gasteiger partial charge on any atom is 0.264 e. The summed E-state index contributed by atoms with van der Waals surface area (Å²) < 4.78 is 0. The van der Waals surface area contributed by atoms with E-state index in [1.165, 1.54) is 0 Å².